The second kappa shape index (κ2) is 5.86. The van der Waals surface area contributed by atoms with Gasteiger partial charge in [-0.05, 0) is 30.0 Å². The zero-order valence-electron chi connectivity index (χ0n) is 9.54. The highest BCUT2D eigenvalue weighted by atomic mass is 19.1. The van der Waals surface area contributed by atoms with E-state index in [1.165, 1.54) is 12.1 Å². The van der Waals surface area contributed by atoms with Crippen LogP contribution < -0.4 is 5.73 Å². The van der Waals surface area contributed by atoms with Gasteiger partial charge in [0.15, 0.2) is 0 Å². The Morgan fingerprint density at radius 1 is 1.13 bits per heavy atom. The van der Waals surface area contributed by atoms with Gasteiger partial charge in [-0.25, -0.2) is 4.39 Å². The second-order valence-electron chi connectivity index (χ2n) is 4.07. The fraction of sp³-hybridized carbons (Fsp3) is 0.538. The average molecular weight is 209 g/mol. The molecule has 2 N–H and O–H groups in total. The molecule has 0 amide bonds. The molecule has 1 atom stereocenters. The van der Waals surface area contributed by atoms with E-state index in [0.29, 0.717) is 5.92 Å². The molecule has 15 heavy (non-hydrogen) atoms. The molecule has 0 fully saturated rings. The van der Waals surface area contributed by atoms with Crippen molar-refractivity contribution in [2.24, 2.45) is 11.7 Å². The third-order valence-corrected chi connectivity index (χ3v) is 3.04. The number of halogens is 1. The first kappa shape index (κ1) is 12.2. The topological polar surface area (TPSA) is 26.0 Å². The highest BCUT2D eigenvalue weighted by Gasteiger charge is 2.14. The van der Waals surface area contributed by atoms with E-state index in [-0.39, 0.29) is 11.9 Å². The molecule has 0 spiro atoms. The zero-order valence-corrected chi connectivity index (χ0v) is 9.54. The molecule has 0 aromatic heterocycles. The van der Waals surface area contributed by atoms with Crippen LogP contribution >= 0.6 is 0 Å². The molecular formula is C13H20FN. The van der Waals surface area contributed by atoms with Crippen LogP contribution in [0.15, 0.2) is 24.3 Å². The van der Waals surface area contributed by atoms with Gasteiger partial charge in [0.2, 0.25) is 0 Å². The van der Waals surface area contributed by atoms with E-state index < -0.39 is 0 Å². The van der Waals surface area contributed by atoms with Gasteiger partial charge in [-0.1, -0.05) is 38.8 Å². The van der Waals surface area contributed by atoms with Crippen LogP contribution in [0.4, 0.5) is 4.39 Å². The molecular weight excluding hydrogens is 189 g/mol. The molecule has 0 heterocycles. The predicted molar refractivity (Wildman–Crippen MR) is 62.2 cm³/mol. The minimum absolute atomic E-state index is 0.185. The van der Waals surface area contributed by atoms with Gasteiger partial charge in [-0.3, -0.25) is 0 Å². The van der Waals surface area contributed by atoms with Crippen LogP contribution in [0.5, 0.6) is 0 Å². The molecule has 0 aliphatic rings. The van der Waals surface area contributed by atoms with E-state index in [1.54, 1.807) is 0 Å². The van der Waals surface area contributed by atoms with Gasteiger partial charge in [0.25, 0.3) is 0 Å². The van der Waals surface area contributed by atoms with Crippen molar-refractivity contribution < 1.29 is 4.39 Å². The lowest BCUT2D eigenvalue weighted by Crippen LogP contribution is -2.31. The maximum absolute atomic E-state index is 12.7. The molecule has 84 valence electrons. The maximum atomic E-state index is 12.7. The lowest BCUT2D eigenvalue weighted by atomic mass is 9.90. The van der Waals surface area contributed by atoms with Gasteiger partial charge in [0.05, 0.1) is 0 Å². The number of rotatable bonds is 5. The van der Waals surface area contributed by atoms with Crippen molar-refractivity contribution in [1.29, 1.82) is 0 Å². The summed E-state index contributed by atoms with van der Waals surface area (Å²) in [6, 6.07) is 6.81. The third kappa shape index (κ3) is 3.63. The first-order valence-electron chi connectivity index (χ1n) is 5.67. The van der Waals surface area contributed by atoms with Gasteiger partial charge in [0.1, 0.15) is 5.82 Å². The Balaban J connectivity index is 2.57. The van der Waals surface area contributed by atoms with Crippen molar-refractivity contribution in [1.82, 2.24) is 0 Å². The SMILES string of the molecule is CCC(CC)C(N)Cc1ccc(F)cc1. The normalized spacial score (nSPS) is 13.1. The number of hydrogen-bond acceptors (Lipinski definition) is 1. The van der Waals surface area contributed by atoms with Crippen molar-refractivity contribution in [2.75, 3.05) is 0 Å². The van der Waals surface area contributed by atoms with Crippen LogP contribution in [0, 0.1) is 11.7 Å². The molecule has 0 aliphatic heterocycles. The maximum Gasteiger partial charge on any atom is 0.123 e. The summed E-state index contributed by atoms with van der Waals surface area (Å²) in [7, 11) is 0. The van der Waals surface area contributed by atoms with Crippen molar-refractivity contribution in [3.8, 4) is 0 Å². The smallest absolute Gasteiger partial charge is 0.123 e. The van der Waals surface area contributed by atoms with Crippen LogP contribution in [0.1, 0.15) is 32.3 Å². The van der Waals surface area contributed by atoms with Crippen LogP contribution in [0.2, 0.25) is 0 Å². The van der Waals surface area contributed by atoms with Gasteiger partial charge in [0, 0.05) is 6.04 Å². The number of benzene rings is 1. The molecule has 1 nitrogen and oxygen atoms in total. The fourth-order valence-corrected chi connectivity index (χ4v) is 1.95. The van der Waals surface area contributed by atoms with E-state index >= 15 is 0 Å². The molecule has 0 aliphatic carbocycles. The predicted octanol–water partition coefficient (Wildman–Crippen LogP) is 3.13. The largest absolute Gasteiger partial charge is 0.327 e. The summed E-state index contributed by atoms with van der Waals surface area (Å²) < 4.78 is 12.7. The van der Waals surface area contributed by atoms with Gasteiger partial charge >= 0.3 is 0 Å². The molecule has 0 saturated heterocycles. The standard InChI is InChI=1S/C13H20FN/c1-3-11(4-2)13(15)9-10-5-7-12(14)8-6-10/h5-8,11,13H,3-4,9,15H2,1-2H3. The summed E-state index contributed by atoms with van der Waals surface area (Å²) in [4.78, 5) is 0. The molecule has 1 aromatic rings. The minimum atomic E-state index is -0.185. The first-order chi connectivity index (χ1) is 7.17. The van der Waals surface area contributed by atoms with Gasteiger partial charge < -0.3 is 5.73 Å². The van der Waals surface area contributed by atoms with Gasteiger partial charge in [-0.15, -0.1) is 0 Å². The average Bonchev–Trinajstić information content (AvgIpc) is 2.23. The summed E-state index contributed by atoms with van der Waals surface area (Å²) in [6.07, 6.45) is 3.06. The molecule has 2 heteroatoms. The molecule has 0 radical (unpaired) electrons. The van der Waals surface area contributed by atoms with E-state index in [4.69, 9.17) is 5.73 Å². The Kier molecular flexibility index (Phi) is 4.76. The summed E-state index contributed by atoms with van der Waals surface area (Å²) >= 11 is 0. The quantitative estimate of drug-likeness (QED) is 0.792. The van der Waals surface area contributed by atoms with E-state index in [2.05, 4.69) is 13.8 Å². The summed E-state index contributed by atoms with van der Waals surface area (Å²) in [6.45, 7) is 4.33. The fourth-order valence-electron chi connectivity index (χ4n) is 1.95. The van der Waals surface area contributed by atoms with Crippen molar-refractivity contribution >= 4 is 0 Å². The summed E-state index contributed by atoms with van der Waals surface area (Å²) in [5, 5.41) is 0. The lowest BCUT2D eigenvalue weighted by Gasteiger charge is -2.21. The Hall–Kier alpha value is -0.890. The molecule has 1 aromatic carbocycles. The van der Waals surface area contributed by atoms with Gasteiger partial charge in [-0.2, -0.15) is 0 Å². The van der Waals surface area contributed by atoms with E-state index in [1.807, 2.05) is 12.1 Å². The monoisotopic (exact) mass is 209 g/mol. The number of nitrogens with two attached hydrogens (primary N) is 1. The van der Waals surface area contributed by atoms with Crippen molar-refractivity contribution in [3.63, 3.8) is 0 Å². The molecule has 1 unspecified atom stereocenters. The third-order valence-electron chi connectivity index (χ3n) is 3.04. The molecule has 0 saturated carbocycles. The van der Waals surface area contributed by atoms with Crippen molar-refractivity contribution in [3.05, 3.63) is 35.6 Å². The number of hydrogen-bond donors (Lipinski definition) is 1. The highest BCUT2D eigenvalue weighted by Crippen LogP contribution is 2.15. The van der Waals surface area contributed by atoms with Crippen molar-refractivity contribution in [2.45, 2.75) is 39.2 Å². The summed E-state index contributed by atoms with van der Waals surface area (Å²) in [5.74, 6) is 0.380. The molecule has 0 bridgehead atoms. The Labute approximate surface area is 91.5 Å². The second-order valence-corrected chi connectivity index (χ2v) is 4.07. The minimum Gasteiger partial charge on any atom is -0.327 e. The molecule has 1 rings (SSSR count). The van der Waals surface area contributed by atoms with E-state index in [9.17, 15) is 4.39 Å². The summed E-state index contributed by atoms with van der Waals surface area (Å²) in [5.41, 5.74) is 7.24. The van der Waals surface area contributed by atoms with Crippen LogP contribution in [-0.2, 0) is 6.42 Å². The van der Waals surface area contributed by atoms with Crippen LogP contribution in [0.3, 0.4) is 0 Å². The van der Waals surface area contributed by atoms with E-state index in [0.717, 1.165) is 24.8 Å². The Morgan fingerprint density at radius 3 is 2.13 bits per heavy atom. The van der Waals surface area contributed by atoms with Crippen LogP contribution in [-0.4, -0.2) is 6.04 Å². The Bertz CT molecular complexity index is 277. The lowest BCUT2D eigenvalue weighted by molar-refractivity contribution is 0.393. The first-order valence-corrected chi connectivity index (χ1v) is 5.67. The Morgan fingerprint density at radius 2 is 1.67 bits per heavy atom. The highest BCUT2D eigenvalue weighted by molar-refractivity contribution is 5.17. The van der Waals surface area contributed by atoms with Crippen LogP contribution in [0.25, 0.3) is 0 Å². The zero-order chi connectivity index (χ0) is 11.3.